The summed E-state index contributed by atoms with van der Waals surface area (Å²) >= 11 is 5.87. The fraction of sp³-hybridized carbons (Fsp3) is 0.0714. The zero-order valence-electron chi connectivity index (χ0n) is 10.9. The van der Waals surface area contributed by atoms with Crippen molar-refractivity contribution >= 4 is 17.3 Å². The Morgan fingerprint density at radius 3 is 2.57 bits per heavy atom. The molecule has 0 heterocycles. The second-order valence-electron chi connectivity index (χ2n) is 3.95. The molecule has 0 amide bonds. The Bertz CT molecular complexity index is 740. The van der Waals surface area contributed by atoms with Crippen molar-refractivity contribution in [2.75, 3.05) is 7.11 Å². The number of non-ortho nitro benzene ring substituents is 1. The van der Waals surface area contributed by atoms with Gasteiger partial charge in [-0.2, -0.15) is 5.26 Å². The fourth-order valence-corrected chi connectivity index (χ4v) is 1.81. The van der Waals surface area contributed by atoms with Crippen LogP contribution in [0.1, 0.15) is 5.56 Å². The summed E-state index contributed by atoms with van der Waals surface area (Å²) in [7, 11) is 1.37. The van der Waals surface area contributed by atoms with E-state index in [1.807, 2.05) is 6.07 Å². The molecule has 0 aromatic heterocycles. The average Bonchev–Trinajstić information content (AvgIpc) is 2.47. The van der Waals surface area contributed by atoms with Crippen molar-refractivity contribution in [2.45, 2.75) is 0 Å². The number of nitro groups is 1. The zero-order valence-corrected chi connectivity index (χ0v) is 11.6. The number of benzene rings is 2. The van der Waals surface area contributed by atoms with E-state index in [1.54, 1.807) is 6.07 Å². The van der Waals surface area contributed by atoms with Crippen molar-refractivity contribution in [1.82, 2.24) is 0 Å². The number of rotatable bonds is 4. The van der Waals surface area contributed by atoms with Crippen molar-refractivity contribution in [3.8, 4) is 23.3 Å². The Kier molecular flexibility index (Phi) is 4.26. The van der Waals surface area contributed by atoms with E-state index >= 15 is 0 Å². The first-order chi connectivity index (χ1) is 10.0. The molecule has 0 atom stereocenters. The van der Waals surface area contributed by atoms with Gasteiger partial charge in [0.2, 0.25) is 0 Å². The SMILES string of the molecule is COc1cc([N+](=O)[O-])ccc1Oc1cc(Cl)ccc1C#N. The second-order valence-corrected chi connectivity index (χ2v) is 4.38. The minimum absolute atomic E-state index is 0.120. The predicted molar refractivity (Wildman–Crippen MR) is 75.9 cm³/mol. The fourth-order valence-electron chi connectivity index (χ4n) is 1.65. The molecule has 0 spiro atoms. The maximum Gasteiger partial charge on any atom is 0.273 e. The predicted octanol–water partition coefficient (Wildman–Crippen LogP) is 3.92. The highest BCUT2D eigenvalue weighted by atomic mass is 35.5. The van der Waals surface area contributed by atoms with E-state index in [2.05, 4.69) is 0 Å². The first-order valence-corrected chi connectivity index (χ1v) is 6.13. The summed E-state index contributed by atoms with van der Waals surface area (Å²) < 4.78 is 10.7. The summed E-state index contributed by atoms with van der Waals surface area (Å²) in [5, 5.41) is 20.2. The lowest BCUT2D eigenvalue weighted by atomic mass is 10.2. The number of methoxy groups -OCH3 is 1. The molecule has 2 rings (SSSR count). The zero-order chi connectivity index (χ0) is 15.4. The standard InChI is InChI=1S/C14H9ClN2O4/c1-20-14-7-11(17(18)19)4-5-12(14)21-13-6-10(15)3-2-9(13)8-16/h2-7H,1H3. The maximum atomic E-state index is 10.7. The molecule has 0 saturated heterocycles. The lowest BCUT2D eigenvalue weighted by Crippen LogP contribution is -1.94. The lowest BCUT2D eigenvalue weighted by molar-refractivity contribution is -0.384. The van der Waals surface area contributed by atoms with E-state index in [1.165, 1.54) is 37.4 Å². The van der Waals surface area contributed by atoms with Crippen LogP contribution in [0.2, 0.25) is 5.02 Å². The monoisotopic (exact) mass is 304 g/mol. The largest absolute Gasteiger partial charge is 0.493 e. The summed E-state index contributed by atoms with van der Waals surface area (Å²) in [5.74, 6) is 0.687. The van der Waals surface area contributed by atoms with Gasteiger partial charge >= 0.3 is 0 Å². The Morgan fingerprint density at radius 1 is 1.19 bits per heavy atom. The smallest absolute Gasteiger partial charge is 0.273 e. The highest BCUT2D eigenvalue weighted by Gasteiger charge is 2.14. The van der Waals surface area contributed by atoms with Crippen LogP contribution in [0.15, 0.2) is 36.4 Å². The molecule has 2 aromatic carbocycles. The van der Waals surface area contributed by atoms with E-state index in [0.717, 1.165) is 0 Å². The molecule has 0 aliphatic carbocycles. The van der Waals surface area contributed by atoms with Crippen LogP contribution in [-0.4, -0.2) is 12.0 Å². The molecule has 2 aromatic rings. The minimum atomic E-state index is -0.535. The molecule has 0 bridgehead atoms. The van der Waals surface area contributed by atoms with Gasteiger partial charge in [-0.05, 0) is 18.2 Å². The number of ether oxygens (including phenoxy) is 2. The number of nitriles is 1. The van der Waals surface area contributed by atoms with Gasteiger partial charge in [-0.3, -0.25) is 10.1 Å². The van der Waals surface area contributed by atoms with Crippen molar-refractivity contribution in [3.63, 3.8) is 0 Å². The minimum Gasteiger partial charge on any atom is -0.493 e. The molecule has 7 heteroatoms. The van der Waals surface area contributed by atoms with Gasteiger partial charge in [0.05, 0.1) is 23.7 Å². The molecular formula is C14H9ClN2O4. The Morgan fingerprint density at radius 2 is 1.95 bits per heavy atom. The highest BCUT2D eigenvalue weighted by molar-refractivity contribution is 6.30. The van der Waals surface area contributed by atoms with Crippen LogP contribution in [0, 0.1) is 21.4 Å². The van der Waals surface area contributed by atoms with Gasteiger partial charge in [-0.25, -0.2) is 0 Å². The topological polar surface area (TPSA) is 85.4 Å². The molecule has 0 N–H and O–H groups in total. The van der Waals surface area contributed by atoms with Crippen LogP contribution < -0.4 is 9.47 Å². The number of nitro benzene ring substituents is 1. The third-order valence-electron chi connectivity index (χ3n) is 2.64. The first-order valence-electron chi connectivity index (χ1n) is 5.75. The Balaban J connectivity index is 2.42. The maximum absolute atomic E-state index is 10.7. The van der Waals surface area contributed by atoms with Gasteiger partial charge < -0.3 is 9.47 Å². The third kappa shape index (κ3) is 3.22. The molecule has 0 radical (unpaired) electrons. The molecule has 21 heavy (non-hydrogen) atoms. The van der Waals surface area contributed by atoms with Gasteiger partial charge in [0.1, 0.15) is 11.8 Å². The van der Waals surface area contributed by atoms with Crippen molar-refractivity contribution < 1.29 is 14.4 Å². The molecule has 0 unspecified atom stereocenters. The van der Waals surface area contributed by atoms with Crippen molar-refractivity contribution in [2.24, 2.45) is 0 Å². The van der Waals surface area contributed by atoms with Crippen LogP contribution in [0.4, 0.5) is 5.69 Å². The van der Waals surface area contributed by atoms with Crippen molar-refractivity contribution in [3.05, 3.63) is 57.1 Å². The van der Waals surface area contributed by atoms with Crippen molar-refractivity contribution in [1.29, 1.82) is 5.26 Å². The third-order valence-corrected chi connectivity index (χ3v) is 2.88. The van der Waals surface area contributed by atoms with Gasteiger partial charge in [0.25, 0.3) is 5.69 Å². The Hall–Kier alpha value is -2.78. The van der Waals surface area contributed by atoms with E-state index in [0.29, 0.717) is 10.6 Å². The van der Waals surface area contributed by atoms with E-state index in [9.17, 15) is 10.1 Å². The summed E-state index contributed by atoms with van der Waals surface area (Å²) in [5.41, 5.74) is 0.172. The van der Waals surface area contributed by atoms with E-state index < -0.39 is 4.92 Å². The molecule has 0 aliphatic rings. The summed E-state index contributed by atoms with van der Waals surface area (Å²) in [6.07, 6.45) is 0. The Labute approximate surface area is 125 Å². The van der Waals surface area contributed by atoms with Crippen LogP contribution >= 0.6 is 11.6 Å². The highest BCUT2D eigenvalue weighted by Crippen LogP contribution is 2.36. The first kappa shape index (κ1) is 14.6. The number of halogens is 1. The van der Waals surface area contributed by atoms with Crippen LogP contribution in [0.3, 0.4) is 0 Å². The van der Waals surface area contributed by atoms with Crippen LogP contribution in [-0.2, 0) is 0 Å². The molecular weight excluding hydrogens is 296 g/mol. The quantitative estimate of drug-likeness (QED) is 0.631. The van der Waals surface area contributed by atoms with Gasteiger partial charge in [-0.15, -0.1) is 0 Å². The molecule has 0 aliphatic heterocycles. The van der Waals surface area contributed by atoms with E-state index in [-0.39, 0.29) is 22.9 Å². The number of hydrogen-bond donors (Lipinski definition) is 0. The van der Waals surface area contributed by atoms with Gasteiger partial charge in [0, 0.05) is 17.2 Å². The molecule has 0 saturated carbocycles. The van der Waals surface area contributed by atoms with Gasteiger partial charge in [0.15, 0.2) is 11.5 Å². The summed E-state index contributed by atoms with van der Waals surface area (Å²) in [6.45, 7) is 0. The number of nitrogens with zero attached hydrogens (tertiary/aromatic N) is 2. The molecule has 106 valence electrons. The molecule has 0 fully saturated rings. The van der Waals surface area contributed by atoms with Crippen LogP contribution in [0.25, 0.3) is 0 Å². The number of hydrogen-bond acceptors (Lipinski definition) is 5. The van der Waals surface area contributed by atoms with E-state index in [4.69, 9.17) is 26.3 Å². The van der Waals surface area contributed by atoms with Crippen LogP contribution in [0.5, 0.6) is 17.2 Å². The second kappa shape index (κ2) is 6.11. The lowest BCUT2D eigenvalue weighted by Gasteiger charge is -2.11. The normalized spacial score (nSPS) is 9.76. The summed E-state index contributed by atoms with van der Waals surface area (Å²) in [6, 6.07) is 10.5. The summed E-state index contributed by atoms with van der Waals surface area (Å²) in [4.78, 5) is 10.2. The van der Waals surface area contributed by atoms with Gasteiger partial charge in [-0.1, -0.05) is 11.6 Å². The molecule has 6 nitrogen and oxygen atoms in total. The average molecular weight is 305 g/mol.